The fourth-order valence-corrected chi connectivity index (χ4v) is 2.87. The standard InChI is InChI=1S/C18H21FN2O3/c1-11-17(19)12(9-22-2)8-15(23-3)18(11)24-10-16-20-13-6-4-5-7-14(13)21-16/h4-8,11,17H,9-10H2,1-3H3,(H,20,21). The van der Waals surface area contributed by atoms with Crippen molar-refractivity contribution in [3.05, 3.63) is 53.3 Å². The van der Waals surface area contributed by atoms with Gasteiger partial charge in [-0.25, -0.2) is 9.37 Å². The van der Waals surface area contributed by atoms with E-state index in [1.54, 1.807) is 27.2 Å². The van der Waals surface area contributed by atoms with Crippen LogP contribution in [0.3, 0.4) is 0 Å². The van der Waals surface area contributed by atoms with E-state index < -0.39 is 12.1 Å². The number of alkyl halides is 1. The number of fused-ring (bicyclic) bond motifs is 1. The van der Waals surface area contributed by atoms with Crippen LogP contribution in [0, 0.1) is 5.92 Å². The molecule has 0 saturated heterocycles. The summed E-state index contributed by atoms with van der Waals surface area (Å²) >= 11 is 0. The van der Waals surface area contributed by atoms with Gasteiger partial charge in [0.1, 0.15) is 24.4 Å². The van der Waals surface area contributed by atoms with E-state index in [0.717, 1.165) is 11.0 Å². The van der Waals surface area contributed by atoms with Crippen LogP contribution in [0.25, 0.3) is 11.0 Å². The van der Waals surface area contributed by atoms with Gasteiger partial charge in [0.25, 0.3) is 0 Å². The number of halogens is 1. The molecule has 2 atom stereocenters. The average molecular weight is 332 g/mol. The monoisotopic (exact) mass is 332 g/mol. The molecule has 1 N–H and O–H groups in total. The molecule has 0 bridgehead atoms. The van der Waals surface area contributed by atoms with Crippen LogP contribution < -0.4 is 0 Å². The molecule has 1 aromatic carbocycles. The number of aromatic amines is 1. The van der Waals surface area contributed by atoms with Gasteiger partial charge in [-0.05, 0) is 23.8 Å². The number of nitrogens with zero attached hydrogens (tertiary/aromatic N) is 1. The first-order chi connectivity index (χ1) is 11.6. The highest BCUT2D eigenvalue weighted by Crippen LogP contribution is 2.33. The average Bonchev–Trinajstić information content (AvgIpc) is 3.01. The number of rotatable bonds is 6. The van der Waals surface area contributed by atoms with Crippen molar-refractivity contribution in [2.24, 2.45) is 5.92 Å². The summed E-state index contributed by atoms with van der Waals surface area (Å²) in [5, 5.41) is 0. The second-order valence-corrected chi connectivity index (χ2v) is 5.76. The Morgan fingerprint density at radius 3 is 2.71 bits per heavy atom. The van der Waals surface area contributed by atoms with Crippen molar-refractivity contribution in [3.8, 4) is 0 Å². The largest absolute Gasteiger partial charge is 0.493 e. The van der Waals surface area contributed by atoms with Gasteiger partial charge in [-0.15, -0.1) is 0 Å². The van der Waals surface area contributed by atoms with Gasteiger partial charge < -0.3 is 19.2 Å². The summed E-state index contributed by atoms with van der Waals surface area (Å²) in [6, 6.07) is 7.75. The van der Waals surface area contributed by atoms with Gasteiger partial charge in [0.05, 0.1) is 30.7 Å². The number of ether oxygens (including phenoxy) is 3. The summed E-state index contributed by atoms with van der Waals surface area (Å²) in [6.45, 7) is 2.23. The molecular formula is C18H21FN2O3. The summed E-state index contributed by atoms with van der Waals surface area (Å²) in [5.41, 5.74) is 2.37. The molecule has 0 saturated carbocycles. The van der Waals surface area contributed by atoms with Gasteiger partial charge in [0.2, 0.25) is 0 Å². The quantitative estimate of drug-likeness (QED) is 0.880. The Labute approximate surface area is 140 Å². The third-order valence-corrected chi connectivity index (χ3v) is 4.10. The smallest absolute Gasteiger partial charge is 0.157 e. The maximum Gasteiger partial charge on any atom is 0.157 e. The first kappa shape index (κ1) is 16.5. The van der Waals surface area contributed by atoms with Crippen molar-refractivity contribution < 1.29 is 18.6 Å². The van der Waals surface area contributed by atoms with Gasteiger partial charge >= 0.3 is 0 Å². The normalized spacial score (nSPS) is 21.1. The van der Waals surface area contributed by atoms with Crippen LogP contribution in [-0.2, 0) is 20.8 Å². The number of nitrogens with one attached hydrogen (secondary N) is 1. The van der Waals surface area contributed by atoms with E-state index in [4.69, 9.17) is 14.2 Å². The van der Waals surface area contributed by atoms with Crippen molar-refractivity contribution in [2.45, 2.75) is 19.7 Å². The van der Waals surface area contributed by atoms with Crippen molar-refractivity contribution >= 4 is 11.0 Å². The van der Waals surface area contributed by atoms with Crippen molar-refractivity contribution in [1.82, 2.24) is 9.97 Å². The number of aromatic nitrogens is 2. The lowest BCUT2D eigenvalue weighted by molar-refractivity contribution is 0.104. The predicted octanol–water partition coefficient (Wildman–Crippen LogP) is 3.50. The molecule has 1 aromatic heterocycles. The third-order valence-electron chi connectivity index (χ3n) is 4.10. The second kappa shape index (κ2) is 7.05. The first-order valence-corrected chi connectivity index (χ1v) is 7.82. The molecule has 1 heterocycles. The molecule has 24 heavy (non-hydrogen) atoms. The van der Waals surface area contributed by atoms with Gasteiger partial charge in [0, 0.05) is 7.11 Å². The predicted molar refractivity (Wildman–Crippen MR) is 88.9 cm³/mol. The van der Waals surface area contributed by atoms with E-state index in [1.807, 2.05) is 24.3 Å². The molecular weight excluding hydrogens is 311 g/mol. The van der Waals surface area contributed by atoms with Crippen LogP contribution in [0.1, 0.15) is 12.7 Å². The molecule has 1 aliphatic rings. The van der Waals surface area contributed by atoms with Gasteiger partial charge in [-0.3, -0.25) is 0 Å². The van der Waals surface area contributed by atoms with Crippen molar-refractivity contribution in [2.75, 3.05) is 20.8 Å². The molecule has 3 rings (SSSR count). The number of allylic oxidation sites excluding steroid dienone is 2. The number of hydrogen-bond donors (Lipinski definition) is 1. The Balaban J connectivity index is 1.81. The molecule has 6 heteroatoms. The van der Waals surface area contributed by atoms with Gasteiger partial charge in [0.15, 0.2) is 5.76 Å². The van der Waals surface area contributed by atoms with Gasteiger partial charge in [-0.1, -0.05) is 19.1 Å². The fourth-order valence-electron chi connectivity index (χ4n) is 2.87. The number of benzene rings is 1. The summed E-state index contributed by atoms with van der Waals surface area (Å²) in [4.78, 5) is 7.66. The zero-order valence-electron chi connectivity index (χ0n) is 14.0. The summed E-state index contributed by atoms with van der Waals surface area (Å²) in [6.07, 6.45) is 0.497. The SMILES string of the molecule is COCC1=CC(OC)=C(OCc2nc3ccccc3[nH]2)C(C)C1F. The lowest BCUT2D eigenvalue weighted by atomic mass is 9.91. The Morgan fingerprint density at radius 2 is 2.00 bits per heavy atom. The Morgan fingerprint density at radius 1 is 1.21 bits per heavy atom. The second-order valence-electron chi connectivity index (χ2n) is 5.76. The Hall–Kier alpha value is -2.34. The zero-order valence-corrected chi connectivity index (χ0v) is 14.0. The van der Waals surface area contributed by atoms with Crippen LogP contribution in [0.5, 0.6) is 0 Å². The molecule has 0 radical (unpaired) electrons. The Bertz CT molecular complexity index is 748. The summed E-state index contributed by atoms with van der Waals surface area (Å²) in [7, 11) is 3.09. The number of para-hydroxylation sites is 2. The van der Waals surface area contributed by atoms with E-state index in [2.05, 4.69) is 9.97 Å². The van der Waals surface area contributed by atoms with E-state index in [-0.39, 0.29) is 13.2 Å². The van der Waals surface area contributed by atoms with Crippen LogP contribution >= 0.6 is 0 Å². The first-order valence-electron chi connectivity index (χ1n) is 7.82. The van der Waals surface area contributed by atoms with Crippen LogP contribution in [-0.4, -0.2) is 37.0 Å². The zero-order chi connectivity index (χ0) is 17.1. The number of hydrogen-bond acceptors (Lipinski definition) is 4. The maximum atomic E-state index is 14.5. The van der Waals surface area contributed by atoms with E-state index in [1.165, 1.54) is 0 Å². The highest BCUT2D eigenvalue weighted by molar-refractivity contribution is 5.74. The van der Waals surface area contributed by atoms with Crippen LogP contribution in [0.4, 0.5) is 4.39 Å². The summed E-state index contributed by atoms with van der Waals surface area (Å²) < 4.78 is 30.8. The minimum Gasteiger partial charge on any atom is -0.493 e. The molecule has 0 amide bonds. The van der Waals surface area contributed by atoms with E-state index >= 15 is 0 Å². The maximum absolute atomic E-state index is 14.5. The number of H-pyrrole nitrogens is 1. The highest BCUT2D eigenvalue weighted by atomic mass is 19.1. The molecule has 5 nitrogen and oxygen atoms in total. The molecule has 1 aliphatic carbocycles. The van der Waals surface area contributed by atoms with Crippen LogP contribution in [0.15, 0.2) is 47.4 Å². The lowest BCUT2D eigenvalue weighted by Crippen LogP contribution is -2.26. The van der Waals surface area contributed by atoms with Crippen molar-refractivity contribution in [3.63, 3.8) is 0 Å². The summed E-state index contributed by atoms with van der Waals surface area (Å²) in [5.74, 6) is 1.26. The Kier molecular flexibility index (Phi) is 4.85. The third kappa shape index (κ3) is 3.14. The van der Waals surface area contributed by atoms with E-state index in [9.17, 15) is 4.39 Å². The molecule has 2 unspecified atom stereocenters. The lowest BCUT2D eigenvalue weighted by Gasteiger charge is -2.28. The molecule has 0 aliphatic heterocycles. The van der Waals surface area contributed by atoms with Crippen LogP contribution in [0.2, 0.25) is 0 Å². The number of imidazole rings is 1. The molecule has 128 valence electrons. The molecule has 0 spiro atoms. The topological polar surface area (TPSA) is 56.4 Å². The number of methoxy groups -OCH3 is 2. The minimum atomic E-state index is -1.16. The minimum absolute atomic E-state index is 0.224. The molecule has 2 aromatic rings. The van der Waals surface area contributed by atoms with Gasteiger partial charge in [-0.2, -0.15) is 0 Å². The van der Waals surface area contributed by atoms with E-state index in [0.29, 0.717) is 22.9 Å². The van der Waals surface area contributed by atoms with Crippen molar-refractivity contribution in [1.29, 1.82) is 0 Å². The molecule has 0 fully saturated rings. The highest BCUT2D eigenvalue weighted by Gasteiger charge is 2.32. The fraction of sp³-hybridized carbons (Fsp3) is 0.389.